The van der Waals surface area contributed by atoms with Crippen molar-refractivity contribution in [3.8, 4) is 0 Å². The van der Waals surface area contributed by atoms with Crippen LogP contribution in [0.15, 0.2) is 18.2 Å². The number of nitrogens with zero attached hydrogens (tertiary/aromatic N) is 1. The third-order valence-corrected chi connectivity index (χ3v) is 5.10. The van der Waals surface area contributed by atoms with E-state index in [9.17, 15) is 22.4 Å². The Labute approximate surface area is 134 Å². The summed E-state index contributed by atoms with van der Waals surface area (Å²) in [5.74, 6) is -2.89. The average Bonchev–Trinajstić information content (AvgIpc) is 2.50. The molecule has 23 heavy (non-hydrogen) atoms. The number of hydrogen-bond donors (Lipinski definition) is 2. The molecule has 1 aromatic carbocycles. The van der Waals surface area contributed by atoms with Crippen LogP contribution in [-0.4, -0.2) is 55.6 Å². The van der Waals surface area contributed by atoms with Crippen molar-refractivity contribution in [2.45, 2.75) is 13.3 Å². The summed E-state index contributed by atoms with van der Waals surface area (Å²) in [6.45, 7) is 1.94. The highest BCUT2D eigenvalue weighted by molar-refractivity contribution is 7.89. The maximum Gasteiger partial charge on any atom is 0.335 e. The topological polar surface area (TPSA) is 104 Å². The van der Waals surface area contributed by atoms with E-state index in [4.69, 9.17) is 5.11 Å². The molecule has 1 aromatic rings. The summed E-state index contributed by atoms with van der Waals surface area (Å²) in [5.41, 5.74) is -0.505. The Kier molecular flexibility index (Phi) is 6.64. The molecule has 0 fully saturated rings. The highest BCUT2D eigenvalue weighted by Gasteiger charge is 2.16. The first-order valence-corrected chi connectivity index (χ1v) is 8.55. The number of carbonyl (C=O) groups is 2. The Balaban J connectivity index is 2.54. The molecule has 2 N–H and O–H groups in total. The molecular weight excluding hydrogens is 327 g/mol. The summed E-state index contributed by atoms with van der Waals surface area (Å²) in [6, 6.07) is 3.02. The van der Waals surface area contributed by atoms with Gasteiger partial charge in [-0.15, -0.1) is 0 Å². The van der Waals surface area contributed by atoms with Crippen LogP contribution in [0, 0.1) is 5.82 Å². The summed E-state index contributed by atoms with van der Waals surface area (Å²) in [5, 5.41) is 11.2. The van der Waals surface area contributed by atoms with Crippen molar-refractivity contribution < 1.29 is 27.5 Å². The maximum atomic E-state index is 13.7. The predicted octanol–water partition coefficient (Wildman–Crippen LogP) is 0.925. The third-order valence-electron chi connectivity index (χ3n) is 3.24. The Bertz CT molecular complexity index is 690. The van der Waals surface area contributed by atoms with E-state index in [1.165, 1.54) is 18.3 Å². The van der Waals surface area contributed by atoms with Gasteiger partial charge in [-0.1, -0.05) is 0 Å². The van der Waals surface area contributed by atoms with Gasteiger partial charge in [0.15, 0.2) is 0 Å². The summed E-state index contributed by atoms with van der Waals surface area (Å²) in [6.07, 6.45) is 0.371. The van der Waals surface area contributed by atoms with Crippen molar-refractivity contribution in [2.75, 3.05) is 25.9 Å². The molecule has 0 aliphatic heterocycles. The normalized spacial score (nSPS) is 11.5. The van der Waals surface area contributed by atoms with Gasteiger partial charge in [0.05, 0.1) is 16.9 Å². The summed E-state index contributed by atoms with van der Waals surface area (Å²) < 4.78 is 37.9. The minimum Gasteiger partial charge on any atom is -0.478 e. The van der Waals surface area contributed by atoms with Gasteiger partial charge in [-0.2, -0.15) is 0 Å². The lowest BCUT2D eigenvalue weighted by atomic mass is 10.1. The molecule has 0 heterocycles. The van der Waals surface area contributed by atoms with E-state index in [2.05, 4.69) is 5.32 Å². The molecule has 0 saturated carbocycles. The monoisotopic (exact) mass is 346 g/mol. The molecule has 0 aliphatic carbocycles. The molecule has 0 aromatic heterocycles. The van der Waals surface area contributed by atoms with E-state index < -0.39 is 27.7 Å². The van der Waals surface area contributed by atoms with Crippen molar-refractivity contribution in [3.63, 3.8) is 0 Å². The standard InChI is InChI=1S/C14H19FN2O5S/c1-3-23(21,22)17(2)8-4-7-16-13(18)11-6-5-10(14(19)20)9-12(11)15/h5-6,9H,3-4,7-8H2,1-2H3,(H,16,18)(H,19,20). The second kappa shape index (κ2) is 8.02. The van der Waals surface area contributed by atoms with Crippen LogP contribution in [0.4, 0.5) is 4.39 Å². The SMILES string of the molecule is CCS(=O)(=O)N(C)CCCNC(=O)c1ccc(C(=O)O)cc1F. The zero-order valence-corrected chi connectivity index (χ0v) is 13.7. The number of benzene rings is 1. The second-order valence-electron chi connectivity index (χ2n) is 4.83. The lowest BCUT2D eigenvalue weighted by Gasteiger charge is -2.15. The van der Waals surface area contributed by atoms with Gasteiger partial charge in [0.2, 0.25) is 10.0 Å². The highest BCUT2D eigenvalue weighted by atomic mass is 32.2. The van der Waals surface area contributed by atoms with Crippen LogP contribution in [0.2, 0.25) is 0 Å². The van der Waals surface area contributed by atoms with Gasteiger partial charge in [0, 0.05) is 20.1 Å². The Morgan fingerprint density at radius 3 is 2.52 bits per heavy atom. The Morgan fingerprint density at radius 1 is 1.35 bits per heavy atom. The lowest BCUT2D eigenvalue weighted by Crippen LogP contribution is -2.32. The zero-order valence-electron chi connectivity index (χ0n) is 12.9. The van der Waals surface area contributed by atoms with Crippen molar-refractivity contribution in [1.29, 1.82) is 0 Å². The smallest absolute Gasteiger partial charge is 0.335 e. The highest BCUT2D eigenvalue weighted by Crippen LogP contribution is 2.10. The van der Waals surface area contributed by atoms with Crippen molar-refractivity contribution in [3.05, 3.63) is 35.1 Å². The van der Waals surface area contributed by atoms with Gasteiger partial charge in [0.25, 0.3) is 5.91 Å². The maximum absolute atomic E-state index is 13.7. The zero-order chi connectivity index (χ0) is 17.6. The minimum absolute atomic E-state index is 0.00298. The van der Waals surface area contributed by atoms with Gasteiger partial charge in [-0.25, -0.2) is 21.9 Å². The van der Waals surface area contributed by atoms with Crippen LogP contribution in [0.1, 0.15) is 34.1 Å². The molecule has 0 spiro atoms. The summed E-state index contributed by atoms with van der Waals surface area (Å²) >= 11 is 0. The number of rotatable bonds is 8. The molecule has 128 valence electrons. The minimum atomic E-state index is -3.27. The number of amides is 1. The van der Waals surface area contributed by atoms with Crippen molar-refractivity contribution >= 4 is 21.9 Å². The number of hydrogen-bond acceptors (Lipinski definition) is 4. The molecule has 0 atom stereocenters. The van der Waals surface area contributed by atoms with Gasteiger partial charge >= 0.3 is 5.97 Å². The third kappa shape index (κ3) is 5.29. The first-order chi connectivity index (χ1) is 10.7. The lowest BCUT2D eigenvalue weighted by molar-refractivity contribution is 0.0695. The van der Waals surface area contributed by atoms with Gasteiger partial charge in [-0.3, -0.25) is 4.79 Å². The molecule has 9 heteroatoms. The quantitative estimate of drug-likeness (QED) is 0.682. The van der Waals surface area contributed by atoms with Crippen LogP contribution in [0.3, 0.4) is 0 Å². The number of carboxylic acid groups (broad SMARTS) is 1. The largest absolute Gasteiger partial charge is 0.478 e. The fourth-order valence-electron chi connectivity index (χ4n) is 1.79. The van der Waals surface area contributed by atoms with Gasteiger partial charge < -0.3 is 10.4 Å². The number of sulfonamides is 1. The van der Waals surface area contributed by atoms with Crippen molar-refractivity contribution in [1.82, 2.24) is 9.62 Å². The van der Waals surface area contributed by atoms with Crippen LogP contribution in [0.25, 0.3) is 0 Å². The van der Waals surface area contributed by atoms with E-state index >= 15 is 0 Å². The van der Waals surface area contributed by atoms with E-state index in [-0.39, 0.29) is 30.0 Å². The average molecular weight is 346 g/mol. The molecule has 0 unspecified atom stereocenters. The second-order valence-corrected chi connectivity index (χ2v) is 7.20. The number of carbonyl (C=O) groups excluding carboxylic acids is 1. The Morgan fingerprint density at radius 2 is 2.00 bits per heavy atom. The fourth-order valence-corrected chi connectivity index (χ4v) is 2.64. The molecule has 1 amide bonds. The summed E-state index contributed by atoms with van der Waals surface area (Å²) in [4.78, 5) is 22.5. The molecule has 7 nitrogen and oxygen atoms in total. The van der Waals surface area contributed by atoms with E-state index in [0.717, 1.165) is 18.2 Å². The van der Waals surface area contributed by atoms with Crippen LogP contribution in [0.5, 0.6) is 0 Å². The van der Waals surface area contributed by atoms with Crippen LogP contribution < -0.4 is 5.32 Å². The van der Waals surface area contributed by atoms with Crippen LogP contribution >= 0.6 is 0 Å². The van der Waals surface area contributed by atoms with Gasteiger partial charge in [0.1, 0.15) is 5.82 Å². The number of carboxylic acids is 1. The number of halogens is 1. The molecule has 1 rings (SSSR count). The fraction of sp³-hybridized carbons (Fsp3) is 0.429. The molecule has 0 saturated heterocycles. The van der Waals surface area contributed by atoms with Crippen molar-refractivity contribution in [2.24, 2.45) is 0 Å². The number of aromatic carboxylic acids is 1. The van der Waals surface area contributed by atoms with Gasteiger partial charge in [-0.05, 0) is 31.5 Å². The predicted molar refractivity (Wildman–Crippen MR) is 82.4 cm³/mol. The molecular formula is C14H19FN2O5S. The first kappa shape index (κ1) is 19.0. The van der Waals surface area contributed by atoms with E-state index in [1.54, 1.807) is 0 Å². The summed E-state index contributed by atoms with van der Waals surface area (Å²) in [7, 11) is -1.82. The van der Waals surface area contributed by atoms with E-state index in [1.807, 2.05) is 0 Å². The van der Waals surface area contributed by atoms with Crippen LogP contribution in [-0.2, 0) is 10.0 Å². The molecule has 0 aliphatic rings. The first-order valence-electron chi connectivity index (χ1n) is 6.94. The number of nitrogens with one attached hydrogen (secondary N) is 1. The Hall–Kier alpha value is -2.00. The van der Waals surface area contributed by atoms with E-state index in [0.29, 0.717) is 6.42 Å². The molecule has 0 radical (unpaired) electrons. The molecule has 0 bridgehead atoms.